The third-order valence-corrected chi connectivity index (χ3v) is 5.36. The monoisotopic (exact) mass is 251 g/mol. The summed E-state index contributed by atoms with van der Waals surface area (Å²) in [5.41, 5.74) is 0. The SMILES string of the molecule is O=S1(=O)CC(NCc2sccc2Cl)C1. The lowest BCUT2D eigenvalue weighted by molar-refractivity contribution is 0.513. The van der Waals surface area contributed by atoms with Gasteiger partial charge in [-0.25, -0.2) is 8.42 Å². The van der Waals surface area contributed by atoms with Gasteiger partial charge in [-0.2, -0.15) is 0 Å². The molecule has 1 N–H and O–H groups in total. The van der Waals surface area contributed by atoms with Gasteiger partial charge in [0.1, 0.15) is 0 Å². The van der Waals surface area contributed by atoms with Crippen LogP contribution in [-0.2, 0) is 16.4 Å². The maximum atomic E-state index is 10.9. The molecule has 1 aromatic rings. The molecular formula is C8H10ClNO2S2. The van der Waals surface area contributed by atoms with Crippen molar-refractivity contribution in [2.24, 2.45) is 0 Å². The van der Waals surface area contributed by atoms with E-state index < -0.39 is 9.84 Å². The lowest BCUT2D eigenvalue weighted by atomic mass is 10.3. The Labute approximate surface area is 92.0 Å². The molecule has 14 heavy (non-hydrogen) atoms. The summed E-state index contributed by atoms with van der Waals surface area (Å²) in [5, 5.41) is 5.85. The van der Waals surface area contributed by atoms with Gasteiger partial charge in [0.25, 0.3) is 0 Å². The van der Waals surface area contributed by atoms with Crippen LogP contribution in [0.2, 0.25) is 5.02 Å². The van der Waals surface area contributed by atoms with E-state index in [4.69, 9.17) is 11.6 Å². The fourth-order valence-corrected chi connectivity index (χ4v) is 3.79. The maximum absolute atomic E-state index is 10.9. The molecule has 0 amide bonds. The minimum absolute atomic E-state index is 0.109. The average Bonchev–Trinajstić information content (AvgIpc) is 2.44. The Kier molecular flexibility index (Phi) is 2.83. The van der Waals surface area contributed by atoms with Gasteiger partial charge in [-0.05, 0) is 11.4 Å². The van der Waals surface area contributed by atoms with Crippen LogP contribution in [0.5, 0.6) is 0 Å². The molecule has 0 spiro atoms. The molecule has 0 saturated carbocycles. The lowest BCUT2D eigenvalue weighted by Gasteiger charge is -2.26. The van der Waals surface area contributed by atoms with Crippen LogP contribution in [-0.4, -0.2) is 26.0 Å². The average molecular weight is 252 g/mol. The number of hydrogen-bond acceptors (Lipinski definition) is 4. The zero-order chi connectivity index (χ0) is 10.2. The first-order chi connectivity index (χ1) is 6.57. The molecule has 0 aromatic carbocycles. The van der Waals surface area contributed by atoms with Crippen molar-refractivity contribution in [3.63, 3.8) is 0 Å². The minimum Gasteiger partial charge on any atom is -0.307 e. The fraction of sp³-hybridized carbons (Fsp3) is 0.500. The van der Waals surface area contributed by atoms with Crippen molar-refractivity contribution in [3.8, 4) is 0 Å². The Morgan fingerprint density at radius 3 is 2.79 bits per heavy atom. The minimum atomic E-state index is -2.72. The summed E-state index contributed by atoms with van der Waals surface area (Å²) >= 11 is 7.47. The van der Waals surface area contributed by atoms with Crippen LogP contribution in [0.1, 0.15) is 4.88 Å². The van der Waals surface area contributed by atoms with Crippen LogP contribution in [0.3, 0.4) is 0 Å². The number of halogens is 1. The van der Waals surface area contributed by atoms with Crippen LogP contribution in [0, 0.1) is 0 Å². The first-order valence-electron chi connectivity index (χ1n) is 4.22. The summed E-state index contributed by atoms with van der Waals surface area (Å²) in [7, 11) is -2.72. The van der Waals surface area contributed by atoms with Crippen LogP contribution >= 0.6 is 22.9 Å². The van der Waals surface area contributed by atoms with Crippen molar-refractivity contribution in [2.75, 3.05) is 11.5 Å². The summed E-state index contributed by atoms with van der Waals surface area (Å²) in [5.74, 6) is 0.520. The molecule has 0 bridgehead atoms. The summed E-state index contributed by atoms with van der Waals surface area (Å²) in [4.78, 5) is 1.07. The highest BCUT2D eigenvalue weighted by Crippen LogP contribution is 2.22. The van der Waals surface area contributed by atoms with E-state index in [1.54, 1.807) is 11.3 Å². The van der Waals surface area contributed by atoms with E-state index in [0.29, 0.717) is 6.54 Å². The zero-order valence-corrected chi connectivity index (χ0v) is 9.75. The number of nitrogens with one attached hydrogen (secondary N) is 1. The highest BCUT2D eigenvalue weighted by molar-refractivity contribution is 7.92. The van der Waals surface area contributed by atoms with E-state index >= 15 is 0 Å². The Morgan fingerprint density at radius 1 is 1.57 bits per heavy atom. The predicted octanol–water partition coefficient (Wildman–Crippen LogP) is 1.29. The van der Waals surface area contributed by atoms with E-state index in [2.05, 4.69) is 5.32 Å². The van der Waals surface area contributed by atoms with Gasteiger partial charge < -0.3 is 5.32 Å². The van der Waals surface area contributed by atoms with Crippen LogP contribution < -0.4 is 5.32 Å². The van der Waals surface area contributed by atoms with Gasteiger partial charge in [-0.3, -0.25) is 0 Å². The first kappa shape index (κ1) is 10.4. The molecule has 0 unspecified atom stereocenters. The van der Waals surface area contributed by atoms with E-state index in [9.17, 15) is 8.42 Å². The second-order valence-corrected chi connectivity index (χ2v) is 6.91. The summed E-state index contributed by atoms with van der Waals surface area (Å²) in [6.07, 6.45) is 0. The molecule has 1 aliphatic rings. The van der Waals surface area contributed by atoms with Crippen LogP contribution in [0.15, 0.2) is 11.4 Å². The van der Waals surface area contributed by atoms with Crippen molar-refractivity contribution >= 4 is 32.8 Å². The number of thiophene rings is 1. The van der Waals surface area contributed by atoms with Crippen LogP contribution in [0.25, 0.3) is 0 Å². The Morgan fingerprint density at radius 2 is 2.29 bits per heavy atom. The van der Waals surface area contributed by atoms with E-state index in [1.807, 2.05) is 11.4 Å². The largest absolute Gasteiger partial charge is 0.307 e. The highest BCUT2D eigenvalue weighted by atomic mass is 35.5. The molecule has 2 heterocycles. The molecule has 1 fully saturated rings. The second-order valence-electron chi connectivity index (χ2n) is 3.35. The van der Waals surface area contributed by atoms with E-state index in [1.165, 1.54) is 0 Å². The molecule has 1 aromatic heterocycles. The van der Waals surface area contributed by atoms with Crippen molar-refractivity contribution in [1.29, 1.82) is 0 Å². The second kappa shape index (κ2) is 3.81. The van der Waals surface area contributed by atoms with Gasteiger partial charge in [0, 0.05) is 17.5 Å². The van der Waals surface area contributed by atoms with Crippen molar-refractivity contribution < 1.29 is 8.42 Å². The highest BCUT2D eigenvalue weighted by Gasteiger charge is 2.32. The van der Waals surface area contributed by atoms with Crippen molar-refractivity contribution in [1.82, 2.24) is 5.32 Å². The van der Waals surface area contributed by atoms with Gasteiger partial charge in [0.15, 0.2) is 9.84 Å². The fourth-order valence-electron chi connectivity index (χ4n) is 1.37. The summed E-state index contributed by atoms with van der Waals surface area (Å²) in [6, 6.07) is 1.96. The van der Waals surface area contributed by atoms with E-state index in [-0.39, 0.29) is 17.5 Å². The van der Waals surface area contributed by atoms with E-state index in [0.717, 1.165) is 9.90 Å². The number of hydrogen-bond donors (Lipinski definition) is 1. The molecule has 0 radical (unpaired) electrons. The number of rotatable bonds is 3. The molecule has 1 aliphatic heterocycles. The summed E-state index contributed by atoms with van der Waals surface area (Å²) < 4.78 is 21.7. The smallest absolute Gasteiger partial charge is 0.153 e. The van der Waals surface area contributed by atoms with Gasteiger partial charge in [-0.15, -0.1) is 11.3 Å². The number of sulfone groups is 1. The third-order valence-electron chi connectivity index (χ3n) is 2.15. The third kappa shape index (κ3) is 2.28. The molecule has 0 atom stereocenters. The molecule has 2 rings (SSSR count). The molecule has 1 saturated heterocycles. The summed E-state index contributed by atoms with van der Waals surface area (Å²) in [6.45, 7) is 0.663. The quantitative estimate of drug-likeness (QED) is 0.881. The Balaban J connectivity index is 1.82. The standard InChI is InChI=1S/C8H10ClNO2S2/c9-7-1-2-13-8(7)3-10-6-4-14(11,12)5-6/h1-2,6,10H,3-5H2. The normalized spacial score (nSPS) is 20.6. The topological polar surface area (TPSA) is 46.2 Å². The lowest BCUT2D eigenvalue weighted by Crippen LogP contribution is -2.50. The first-order valence-corrected chi connectivity index (χ1v) is 7.30. The van der Waals surface area contributed by atoms with Crippen molar-refractivity contribution in [3.05, 3.63) is 21.3 Å². The van der Waals surface area contributed by atoms with Gasteiger partial charge in [0.2, 0.25) is 0 Å². The molecule has 6 heteroatoms. The molecule has 3 nitrogen and oxygen atoms in total. The molecule has 78 valence electrons. The maximum Gasteiger partial charge on any atom is 0.153 e. The van der Waals surface area contributed by atoms with Crippen LogP contribution in [0.4, 0.5) is 0 Å². The Bertz CT molecular complexity index is 414. The van der Waals surface area contributed by atoms with Gasteiger partial charge in [0.05, 0.1) is 16.5 Å². The van der Waals surface area contributed by atoms with Crippen molar-refractivity contribution in [2.45, 2.75) is 12.6 Å². The molecular weight excluding hydrogens is 242 g/mol. The predicted molar refractivity (Wildman–Crippen MR) is 58.6 cm³/mol. The Hall–Kier alpha value is -0.100. The zero-order valence-electron chi connectivity index (χ0n) is 7.36. The van der Waals surface area contributed by atoms with Gasteiger partial charge >= 0.3 is 0 Å². The molecule has 0 aliphatic carbocycles. The van der Waals surface area contributed by atoms with Gasteiger partial charge in [-0.1, -0.05) is 11.6 Å².